The van der Waals surface area contributed by atoms with Crippen LogP contribution in [0, 0.1) is 6.92 Å². The maximum Gasteiger partial charge on any atom is 0.260 e. The van der Waals surface area contributed by atoms with Crippen molar-refractivity contribution >= 4 is 33.2 Å². The van der Waals surface area contributed by atoms with Crippen molar-refractivity contribution in [2.24, 2.45) is 0 Å². The second-order valence-electron chi connectivity index (χ2n) is 6.20. The summed E-state index contributed by atoms with van der Waals surface area (Å²) in [5, 5.41) is 6.06. The molecule has 1 N–H and O–H groups in total. The third-order valence-electron chi connectivity index (χ3n) is 4.08. The number of amides is 1. The second-order valence-corrected chi connectivity index (χ2v) is 8.18. The summed E-state index contributed by atoms with van der Waals surface area (Å²) in [4.78, 5) is 16.7. The third kappa shape index (κ3) is 5.65. The lowest BCUT2D eigenvalue weighted by Crippen LogP contribution is -2.37. The topological polar surface area (TPSA) is 51.2 Å². The van der Waals surface area contributed by atoms with E-state index in [9.17, 15) is 4.79 Å². The second kappa shape index (κ2) is 9.15. The number of nitrogens with one attached hydrogen (secondary N) is 1. The Balaban J connectivity index is 1.46. The van der Waals surface area contributed by atoms with E-state index in [1.165, 1.54) is 5.56 Å². The zero-order valence-corrected chi connectivity index (χ0v) is 17.6. The number of aryl methyl sites for hydroxylation is 1. The summed E-state index contributed by atoms with van der Waals surface area (Å²) in [7, 11) is 0. The van der Waals surface area contributed by atoms with Gasteiger partial charge in [-0.05, 0) is 50.1 Å². The average Bonchev–Trinajstić information content (AvgIpc) is 3.10. The van der Waals surface area contributed by atoms with E-state index in [0.29, 0.717) is 12.3 Å². The van der Waals surface area contributed by atoms with Crippen LogP contribution in [0.25, 0.3) is 11.3 Å². The van der Waals surface area contributed by atoms with Gasteiger partial charge in [0.1, 0.15) is 5.75 Å². The van der Waals surface area contributed by atoms with Crippen LogP contribution in [-0.2, 0) is 11.2 Å². The predicted molar refractivity (Wildman–Crippen MR) is 113 cm³/mol. The number of thiazole rings is 1. The van der Waals surface area contributed by atoms with Crippen LogP contribution in [0.4, 0.5) is 0 Å². The standard InChI is InChI=1S/C21H21BrN2O2S/c1-14(26-19-9-7-18(22)8-10-19)21(25)23-12-11-16-3-5-17(6-4-16)20-13-27-15(2)24-20/h3-10,13-14H,11-12H2,1-2H3,(H,23,25). The number of benzene rings is 2. The molecule has 0 spiro atoms. The zero-order valence-electron chi connectivity index (χ0n) is 15.2. The maximum absolute atomic E-state index is 12.2. The Morgan fingerprint density at radius 1 is 1.19 bits per heavy atom. The highest BCUT2D eigenvalue weighted by Crippen LogP contribution is 2.22. The molecule has 0 radical (unpaired) electrons. The van der Waals surface area contributed by atoms with Crippen LogP contribution in [0.3, 0.4) is 0 Å². The molecule has 6 heteroatoms. The molecule has 27 heavy (non-hydrogen) atoms. The summed E-state index contributed by atoms with van der Waals surface area (Å²) in [5.74, 6) is 0.557. The highest BCUT2D eigenvalue weighted by molar-refractivity contribution is 9.10. The summed E-state index contributed by atoms with van der Waals surface area (Å²) >= 11 is 5.03. The van der Waals surface area contributed by atoms with Gasteiger partial charge in [-0.1, -0.05) is 40.2 Å². The van der Waals surface area contributed by atoms with Crippen LogP contribution >= 0.6 is 27.3 Å². The van der Waals surface area contributed by atoms with E-state index in [4.69, 9.17) is 4.74 Å². The van der Waals surface area contributed by atoms with Gasteiger partial charge in [-0.15, -0.1) is 11.3 Å². The first-order valence-electron chi connectivity index (χ1n) is 8.72. The van der Waals surface area contributed by atoms with Gasteiger partial charge in [0.15, 0.2) is 6.10 Å². The van der Waals surface area contributed by atoms with E-state index >= 15 is 0 Å². The number of carbonyl (C=O) groups excluding carboxylic acids is 1. The number of rotatable bonds is 7. The van der Waals surface area contributed by atoms with E-state index in [-0.39, 0.29) is 5.91 Å². The highest BCUT2D eigenvalue weighted by atomic mass is 79.9. The van der Waals surface area contributed by atoms with Crippen LogP contribution in [0.1, 0.15) is 17.5 Å². The van der Waals surface area contributed by atoms with Gasteiger partial charge in [-0.25, -0.2) is 4.98 Å². The molecule has 2 aromatic carbocycles. The molecule has 3 aromatic rings. The minimum atomic E-state index is -0.540. The first kappa shape index (κ1) is 19.6. The number of ether oxygens (including phenoxy) is 1. The van der Waals surface area contributed by atoms with Gasteiger partial charge in [-0.2, -0.15) is 0 Å². The molecule has 0 aliphatic rings. The number of aromatic nitrogens is 1. The Bertz CT molecular complexity index is 891. The fourth-order valence-corrected chi connectivity index (χ4v) is 3.47. The Morgan fingerprint density at radius 3 is 2.52 bits per heavy atom. The number of carbonyl (C=O) groups is 1. The molecule has 0 aliphatic heterocycles. The van der Waals surface area contributed by atoms with Crippen molar-refractivity contribution in [1.29, 1.82) is 0 Å². The molecule has 4 nitrogen and oxygen atoms in total. The minimum absolute atomic E-state index is 0.118. The molecule has 0 saturated carbocycles. The fourth-order valence-electron chi connectivity index (χ4n) is 2.58. The average molecular weight is 445 g/mol. The molecule has 1 aromatic heterocycles. The lowest BCUT2D eigenvalue weighted by Gasteiger charge is -2.14. The van der Waals surface area contributed by atoms with E-state index in [0.717, 1.165) is 27.2 Å². The molecule has 1 heterocycles. The normalized spacial score (nSPS) is 11.8. The van der Waals surface area contributed by atoms with Crippen LogP contribution < -0.4 is 10.1 Å². The highest BCUT2D eigenvalue weighted by Gasteiger charge is 2.14. The molecule has 0 saturated heterocycles. The lowest BCUT2D eigenvalue weighted by atomic mass is 10.1. The van der Waals surface area contributed by atoms with Crippen LogP contribution in [0.15, 0.2) is 58.4 Å². The molecule has 1 atom stereocenters. The summed E-state index contributed by atoms with van der Waals surface area (Å²) in [6.07, 6.45) is 0.231. The number of hydrogen-bond donors (Lipinski definition) is 1. The molecule has 3 rings (SSSR count). The lowest BCUT2D eigenvalue weighted by molar-refractivity contribution is -0.127. The molecular weight excluding hydrogens is 424 g/mol. The monoisotopic (exact) mass is 444 g/mol. The smallest absolute Gasteiger partial charge is 0.260 e. The summed E-state index contributed by atoms with van der Waals surface area (Å²) in [6, 6.07) is 15.7. The number of hydrogen-bond acceptors (Lipinski definition) is 4. The van der Waals surface area contributed by atoms with Gasteiger partial charge < -0.3 is 10.1 Å². The molecule has 1 amide bonds. The fraction of sp³-hybridized carbons (Fsp3) is 0.238. The first-order valence-corrected chi connectivity index (χ1v) is 10.4. The summed E-state index contributed by atoms with van der Waals surface area (Å²) in [5.41, 5.74) is 3.30. The zero-order chi connectivity index (χ0) is 19.2. The van der Waals surface area contributed by atoms with Gasteiger partial charge in [0, 0.05) is 22.0 Å². The minimum Gasteiger partial charge on any atom is -0.481 e. The maximum atomic E-state index is 12.2. The summed E-state index contributed by atoms with van der Waals surface area (Å²) in [6.45, 7) is 4.33. The van der Waals surface area contributed by atoms with Gasteiger partial charge >= 0.3 is 0 Å². The molecule has 0 fully saturated rings. The van der Waals surface area contributed by atoms with Crippen molar-refractivity contribution < 1.29 is 9.53 Å². The van der Waals surface area contributed by atoms with Crippen molar-refractivity contribution in [1.82, 2.24) is 10.3 Å². The van der Waals surface area contributed by atoms with Gasteiger partial charge in [0.05, 0.1) is 10.7 Å². The van der Waals surface area contributed by atoms with E-state index in [1.807, 2.05) is 31.2 Å². The largest absolute Gasteiger partial charge is 0.481 e. The Hall–Kier alpha value is -2.18. The van der Waals surface area contributed by atoms with Crippen LogP contribution in [-0.4, -0.2) is 23.5 Å². The van der Waals surface area contributed by atoms with Crippen LogP contribution in [0.5, 0.6) is 5.75 Å². The van der Waals surface area contributed by atoms with Crippen molar-refractivity contribution in [2.75, 3.05) is 6.54 Å². The van der Waals surface area contributed by atoms with Gasteiger partial charge in [0.2, 0.25) is 0 Å². The number of nitrogens with zero attached hydrogens (tertiary/aromatic N) is 1. The molecule has 0 bridgehead atoms. The van der Waals surface area contributed by atoms with Crippen molar-refractivity contribution in [3.63, 3.8) is 0 Å². The van der Waals surface area contributed by atoms with Gasteiger partial charge in [0.25, 0.3) is 5.91 Å². The van der Waals surface area contributed by atoms with E-state index in [1.54, 1.807) is 18.3 Å². The molecule has 0 aliphatic carbocycles. The molecular formula is C21H21BrN2O2S. The summed E-state index contributed by atoms with van der Waals surface area (Å²) < 4.78 is 6.64. The predicted octanol–water partition coefficient (Wildman–Crippen LogP) is 5.01. The number of halogens is 1. The molecule has 1 unspecified atom stereocenters. The molecule has 140 valence electrons. The SMILES string of the molecule is Cc1nc(-c2ccc(CCNC(=O)C(C)Oc3ccc(Br)cc3)cc2)cs1. The van der Waals surface area contributed by atoms with E-state index < -0.39 is 6.10 Å². The Labute approximate surface area is 171 Å². The van der Waals surface area contributed by atoms with Crippen molar-refractivity contribution in [3.8, 4) is 17.0 Å². The quantitative estimate of drug-likeness (QED) is 0.557. The van der Waals surface area contributed by atoms with Crippen LogP contribution in [0.2, 0.25) is 0 Å². The Morgan fingerprint density at radius 2 is 1.89 bits per heavy atom. The van der Waals surface area contributed by atoms with Gasteiger partial charge in [-0.3, -0.25) is 4.79 Å². The van der Waals surface area contributed by atoms with Crippen molar-refractivity contribution in [2.45, 2.75) is 26.4 Å². The van der Waals surface area contributed by atoms with E-state index in [2.05, 4.69) is 55.9 Å². The Kier molecular flexibility index (Phi) is 6.63. The van der Waals surface area contributed by atoms with Crippen molar-refractivity contribution in [3.05, 3.63) is 69.0 Å². The first-order chi connectivity index (χ1) is 13.0. The third-order valence-corrected chi connectivity index (χ3v) is 5.38.